The van der Waals surface area contributed by atoms with Gasteiger partial charge >= 0.3 is 89.5 Å². The van der Waals surface area contributed by atoms with Crippen LogP contribution in [0.15, 0.2) is 0 Å². The molecule has 0 bridgehead atoms. The van der Waals surface area contributed by atoms with Gasteiger partial charge in [-0.25, -0.2) is 0 Å². The molecule has 9 nitrogen and oxygen atoms in total. The molecule has 1 aliphatic rings. The fourth-order valence-corrected chi connectivity index (χ4v) is 2.16. The summed E-state index contributed by atoms with van der Waals surface area (Å²) in [4.78, 5) is 25.9. The van der Waals surface area contributed by atoms with Gasteiger partial charge in [0.05, 0.1) is 0 Å². The van der Waals surface area contributed by atoms with Crippen LogP contribution in [0.3, 0.4) is 0 Å². The molecule has 0 aromatic heterocycles. The maximum atomic E-state index is 9.34. The summed E-state index contributed by atoms with van der Waals surface area (Å²) >= 11 is 0. The molecule has 8 N–H and O–H groups in total. The molecule has 6 atom stereocenters. The fraction of sp³-hybridized carbons (Fsp3) is 1.00. The van der Waals surface area contributed by atoms with Crippen molar-refractivity contribution in [1.82, 2.24) is 0 Å². The summed E-state index contributed by atoms with van der Waals surface area (Å²) in [5.74, 6) is 0. The molecule has 0 aromatic carbocycles. The van der Waals surface area contributed by atoms with Crippen molar-refractivity contribution >= 4 is 8.17 Å². The minimum absolute atomic E-state index is 1.81. The number of hydrogen-bond donors (Lipinski definition) is 8. The van der Waals surface area contributed by atoms with E-state index in [-0.39, 0.29) is 0 Å². The van der Waals surface area contributed by atoms with Gasteiger partial charge in [-0.2, -0.15) is 0 Å². The third-order valence-electron chi connectivity index (χ3n) is 2.37. The van der Waals surface area contributed by atoms with Gasteiger partial charge in [-0.15, -0.1) is 0 Å². The van der Waals surface area contributed by atoms with E-state index in [2.05, 4.69) is 4.52 Å². The topological polar surface area (TPSA) is 171 Å². The van der Waals surface area contributed by atoms with Crippen molar-refractivity contribution in [3.8, 4) is 0 Å². The molecule has 0 spiro atoms. The van der Waals surface area contributed by atoms with Crippen molar-refractivity contribution in [3.63, 3.8) is 0 Å². The Bertz CT molecular complexity index is 227. The molecule has 0 saturated heterocycles. The predicted molar refractivity (Wildman–Crippen MR) is 49.9 cm³/mol. The maximum absolute atomic E-state index is 9.34. The summed E-state index contributed by atoms with van der Waals surface area (Å²) in [5.41, 5.74) is 0. The summed E-state index contributed by atoms with van der Waals surface area (Å²) in [6.45, 7) is 0. The zero-order chi connectivity index (χ0) is 12.7. The average molecular weight is 262 g/mol. The Morgan fingerprint density at radius 3 is 1.25 bits per heavy atom. The molecule has 16 heavy (non-hydrogen) atoms. The van der Waals surface area contributed by atoms with Crippen LogP contribution in [0.5, 0.6) is 0 Å². The molecule has 1 rings (SSSR count). The first kappa shape index (κ1) is 14.1. The van der Waals surface area contributed by atoms with E-state index >= 15 is 0 Å². The van der Waals surface area contributed by atoms with Crippen LogP contribution in [0, 0.1) is 0 Å². The van der Waals surface area contributed by atoms with Crippen molar-refractivity contribution in [2.75, 3.05) is 0 Å². The summed E-state index contributed by atoms with van der Waals surface area (Å²) in [6.07, 6.45) is -11.1. The molecule has 0 aromatic rings. The van der Waals surface area contributed by atoms with Crippen molar-refractivity contribution in [2.24, 2.45) is 0 Å². The van der Waals surface area contributed by atoms with E-state index in [0.717, 1.165) is 0 Å². The average Bonchev–Trinajstić information content (AvgIpc) is 2.17. The van der Waals surface area contributed by atoms with Gasteiger partial charge in [0.1, 0.15) is 0 Å². The molecular formula is C6H15O9P. The van der Waals surface area contributed by atoms with Gasteiger partial charge in [0.25, 0.3) is 0 Å². The van der Waals surface area contributed by atoms with Crippen LogP contribution in [0.4, 0.5) is 0 Å². The monoisotopic (exact) mass is 262 g/mol. The van der Waals surface area contributed by atoms with Crippen LogP contribution in [0.2, 0.25) is 0 Å². The standard InChI is InChI=1S/C6H15O9P/c7-1-2(8)4(10)6(5(11)3(1)9)15-16(12,13)14/h1-14,16H/t1?,2-,3+,4-,5?,6?/m0/s1. The Balaban J connectivity index is 2.83. The molecule has 0 radical (unpaired) electrons. The second kappa shape index (κ2) is 4.75. The number of aliphatic hydroxyl groups excluding tert-OH is 5. The molecule has 0 heterocycles. The molecular weight excluding hydrogens is 247 g/mol. The van der Waals surface area contributed by atoms with Gasteiger partial charge in [0, 0.05) is 0 Å². The predicted octanol–water partition coefficient (Wildman–Crippen LogP) is -4.42. The SMILES string of the molecule is OC1C(O[PH](O)(O)O)[C@@H](O)[C@@H](O)C(O)[C@H]1O. The number of rotatable bonds is 2. The van der Waals surface area contributed by atoms with Crippen LogP contribution < -0.4 is 0 Å². The van der Waals surface area contributed by atoms with Gasteiger partial charge in [-0.3, -0.25) is 0 Å². The van der Waals surface area contributed by atoms with Gasteiger partial charge in [-0.05, 0) is 0 Å². The zero-order valence-corrected chi connectivity index (χ0v) is 8.95. The van der Waals surface area contributed by atoms with Crippen molar-refractivity contribution in [1.29, 1.82) is 0 Å². The zero-order valence-electron chi connectivity index (χ0n) is 7.95. The quantitative estimate of drug-likeness (QED) is 0.229. The molecule has 0 amide bonds. The Kier molecular flexibility index (Phi) is 4.19. The van der Waals surface area contributed by atoms with Gasteiger partial charge < -0.3 is 0 Å². The molecule has 1 fully saturated rings. The van der Waals surface area contributed by atoms with Gasteiger partial charge in [-0.1, -0.05) is 0 Å². The van der Waals surface area contributed by atoms with E-state index in [0.29, 0.717) is 0 Å². The van der Waals surface area contributed by atoms with Crippen molar-refractivity contribution in [3.05, 3.63) is 0 Å². The van der Waals surface area contributed by atoms with E-state index in [1.54, 1.807) is 0 Å². The second-order valence-corrected chi connectivity index (χ2v) is 4.99. The summed E-state index contributed by atoms with van der Waals surface area (Å²) < 4.78 is 4.17. The minimum atomic E-state index is -5.03. The summed E-state index contributed by atoms with van der Waals surface area (Å²) in [5, 5.41) is 46.3. The Morgan fingerprint density at radius 2 is 0.938 bits per heavy atom. The number of aliphatic hydroxyl groups is 5. The van der Waals surface area contributed by atoms with Gasteiger partial charge in [0.2, 0.25) is 0 Å². The first-order valence-electron chi connectivity index (χ1n) is 4.40. The second-order valence-electron chi connectivity index (χ2n) is 3.61. The first-order chi connectivity index (χ1) is 7.15. The first-order valence-corrected chi connectivity index (χ1v) is 6.15. The number of hydrogen-bond acceptors (Lipinski definition) is 9. The van der Waals surface area contributed by atoms with E-state index < -0.39 is 44.8 Å². The Morgan fingerprint density at radius 1 is 0.625 bits per heavy atom. The Hall–Kier alpha value is 0.0700. The molecule has 3 unspecified atom stereocenters. The van der Waals surface area contributed by atoms with E-state index in [1.807, 2.05) is 0 Å². The normalized spacial score (nSPS) is 46.8. The van der Waals surface area contributed by atoms with Crippen LogP contribution in [-0.2, 0) is 4.52 Å². The molecule has 1 aliphatic carbocycles. The van der Waals surface area contributed by atoms with Crippen LogP contribution >= 0.6 is 8.17 Å². The van der Waals surface area contributed by atoms with Crippen molar-refractivity contribution < 1.29 is 44.7 Å². The van der Waals surface area contributed by atoms with E-state index in [1.165, 1.54) is 0 Å². The van der Waals surface area contributed by atoms with E-state index in [4.69, 9.17) is 19.8 Å². The van der Waals surface area contributed by atoms with Crippen molar-refractivity contribution in [2.45, 2.75) is 36.6 Å². The molecule has 1 saturated carbocycles. The third-order valence-corrected chi connectivity index (χ3v) is 2.96. The molecule has 98 valence electrons. The van der Waals surface area contributed by atoms with Crippen LogP contribution in [-0.4, -0.2) is 76.8 Å². The third kappa shape index (κ3) is 2.84. The van der Waals surface area contributed by atoms with Gasteiger partial charge in [0.15, 0.2) is 0 Å². The van der Waals surface area contributed by atoms with E-state index in [9.17, 15) is 20.4 Å². The summed E-state index contributed by atoms with van der Waals surface area (Å²) in [6, 6.07) is 0. The molecule has 10 heteroatoms. The summed E-state index contributed by atoms with van der Waals surface area (Å²) in [7, 11) is -5.03. The Labute approximate surface area is 90.5 Å². The van der Waals surface area contributed by atoms with Crippen LogP contribution in [0.1, 0.15) is 0 Å². The fourth-order valence-electron chi connectivity index (χ4n) is 1.52. The molecule has 0 aliphatic heterocycles. The van der Waals surface area contributed by atoms with Crippen LogP contribution in [0.25, 0.3) is 0 Å².